The van der Waals surface area contributed by atoms with Gasteiger partial charge in [0.15, 0.2) is 0 Å². The summed E-state index contributed by atoms with van der Waals surface area (Å²) in [4.78, 5) is 31.3. The molecule has 0 atom stereocenters. The van der Waals surface area contributed by atoms with E-state index in [-0.39, 0.29) is 11.8 Å². The Morgan fingerprint density at radius 1 is 0.867 bits per heavy atom. The van der Waals surface area contributed by atoms with Gasteiger partial charge in [-0.1, -0.05) is 59.8 Å². The van der Waals surface area contributed by atoms with E-state index in [4.69, 9.17) is 11.6 Å². The molecule has 2 amide bonds. The average molecular weight is 435 g/mol. The molecule has 0 aliphatic carbocycles. The fourth-order valence-electron chi connectivity index (χ4n) is 3.36. The van der Waals surface area contributed by atoms with Crippen molar-refractivity contribution < 1.29 is 9.59 Å². The Kier molecular flexibility index (Phi) is 5.66. The number of hydrogen-bond donors (Lipinski definition) is 0. The van der Waals surface area contributed by atoms with Gasteiger partial charge in [-0.3, -0.25) is 9.59 Å². The number of benzene rings is 3. The maximum atomic E-state index is 13.5. The second-order valence-corrected chi connectivity index (χ2v) is 8.38. The number of hydrogen-bond acceptors (Lipinski definition) is 4. The Hall–Kier alpha value is -3.02. The summed E-state index contributed by atoms with van der Waals surface area (Å²) in [5, 5.41) is 0.559. The van der Waals surface area contributed by atoms with E-state index in [9.17, 15) is 9.59 Å². The molecule has 4 rings (SSSR count). The van der Waals surface area contributed by atoms with Gasteiger partial charge < -0.3 is 4.90 Å². The van der Waals surface area contributed by atoms with Gasteiger partial charge in [0.1, 0.15) is 10.6 Å². The van der Waals surface area contributed by atoms with E-state index in [1.807, 2.05) is 67.6 Å². The van der Waals surface area contributed by atoms with Crippen molar-refractivity contribution in [3.05, 3.63) is 100 Å². The van der Waals surface area contributed by atoms with E-state index in [2.05, 4.69) is 0 Å². The zero-order valence-corrected chi connectivity index (χ0v) is 18.1. The van der Waals surface area contributed by atoms with Crippen LogP contribution in [0.15, 0.2) is 94.4 Å². The van der Waals surface area contributed by atoms with E-state index in [0.29, 0.717) is 21.3 Å². The zero-order valence-electron chi connectivity index (χ0n) is 16.5. The van der Waals surface area contributed by atoms with Crippen LogP contribution in [-0.4, -0.2) is 18.9 Å². The number of halogens is 1. The predicted octanol–water partition coefficient (Wildman–Crippen LogP) is 5.66. The molecule has 0 aromatic heterocycles. The summed E-state index contributed by atoms with van der Waals surface area (Å²) in [5.41, 5.74) is 2.48. The van der Waals surface area contributed by atoms with Crippen LogP contribution in [0.4, 0.5) is 11.4 Å². The molecule has 0 spiro atoms. The van der Waals surface area contributed by atoms with Crippen LogP contribution < -0.4 is 9.80 Å². The first-order valence-corrected chi connectivity index (χ1v) is 10.6. The zero-order chi connectivity index (χ0) is 21.3. The molecule has 0 unspecified atom stereocenters. The Morgan fingerprint density at radius 3 is 2.13 bits per heavy atom. The van der Waals surface area contributed by atoms with Crippen LogP contribution in [0.25, 0.3) is 0 Å². The number of imide groups is 1. The maximum absolute atomic E-state index is 13.5. The fourth-order valence-corrected chi connectivity index (χ4v) is 4.62. The lowest BCUT2D eigenvalue weighted by atomic mass is 10.2. The summed E-state index contributed by atoms with van der Waals surface area (Å²) in [5.74, 6) is -0.688. The van der Waals surface area contributed by atoms with Gasteiger partial charge in [-0.15, -0.1) is 0 Å². The molecule has 3 aromatic rings. The van der Waals surface area contributed by atoms with Gasteiger partial charge in [0.05, 0.1) is 5.69 Å². The van der Waals surface area contributed by atoms with Crippen molar-refractivity contribution in [1.29, 1.82) is 0 Å². The summed E-state index contributed by atoms with van der Waals surface area (Å²) in [6.45, 7) is 1.84. The van der Waals surface area contributed by atoms with Crippen LogP contribution in [0.5, 0.6) is 0 Å². The van der Waals surface area contributed by atoms with Gasteiger partial charge in [-0.2, -0.15) is 0 Å². The van der Waals surface area contributed by atoms with Crippen molar-refractivity contribution in [2.45, 2.75) is 11.8 Å². The number of carbonyl (C=O) groups excluding carboxylic acids is 2. The highest BCUT2D eigenvalue weighted by Crippen LogP contribution is 2.40. The number of rotatable bonds is 5. The van der Waals surface area contributed by atoms with Crippen molar-refractivity contribution >= 4 is 46.6 Å². The van der Waals surface area contributed by atoms with Crippen molar-refractivity contribution in [2.24, 2.45) is 0 Å². The Balaban J connectivity index is 1.82. The highest BCUT2D eigenvalue weighted by atomic mass is 35.5. The number of para-hydroxylation sites is 1. The molecule has 30 heavy (non-hydrogen) atoms. The van der Waals surface area contributed by atoms with Gasteiger partial charge in [0.2, 0.25) is 0 Å². The van der Waals surface area contributed by atoms with E-state index in [1.54, 1.807) is 30.1 Å². The summed E-state index contributed by atoms with van der Waals surface area (Å²) >= 11 is 7.38. The first-order valence-electron chi connectivity index (χ1n) is 9.38. The molecule has 0 saturated carbocycles. The molecular formula is C24H19ClN2O2S. The van der Waals surface area contributed by atoms with Gasteiger partial charge in [0.25, 0.3) is 11.8 Å². The summed E-state index contributed by atoms with van der Waals surface area (Å²) in [6.07, 6.45) is 0. The van der Waals surface area contributed by atoms with Gasteiger partial charge in [0, 0.05) is 22.7 Å². The lowest BCUT2D eigenvalue weighted by Crippen LogP contribution is -2.34. The number of likely N-dealkylation sites (N-methyl/N-ethyl adjacent to an activating group) is 1. The minimum atomic E-state index is -0.352. The van der Waals surface area contributed by atoms with E-state index < -0.39 is 0 Å². The molecule has 1 aliphatic heterocycles. The minimum Gasteiger partial charge on any atom is -0.339 e. The number of amides is 2. The lowest BCUT2D eigenvalue weighted by Gasteiger charge is -2.22. The van der Waals surface area contributed by atoms with Crippen LogP contribution in [0.2, 0.25) is 5.02 Å². The number of aryl methyl sites for hydroxylation is 1. The number of thioether (sulfide) groups is 1. The molecular weight excluding hydrogens is 416 g/mol. The maximum Gasteiger partial charge on any atom is 0.283 e. The Labute approximate surface area is 184 Å². The van der Waals surface area contributed by atoms with Gasteiger partial charge >= 0.3 is 0 Å². The third-order valence-corrected chi connectivity index (χ3v) is 6.17. The Morgan fingerprint density at radius 2 is 1.50 bits per heavy atom. The monoisotopic (exact) mass is 434 g/mol. The molecule has 0 fully saturated rings. The number of nitrogens with zero attached hydrogens (tertiary/aromatic N) is 2. The summed E-state index contributed by atoms with van der Waals surface area (Å²) < 4.78 is 0. The van der Waals surface area contributed by atoms with Crippen molar-refractivity contribution in [2.75, 3.05) is 16.8 Å². The second-order valence-electron chi connectivity index (χ2n) is 6.86. The van der Waals surface area contributed by atoms with Crippen LogP contribution in [0, 0.1) is 6.92 Å². The fraction of sp³-hybridized carbons (Fsp3) is 0.0833. The second kappa shape index (κ2) is 8.38. The first-order chi connectivity index (χ1) is 14.5. The molecule has 0 N–H and O–H groups in total. The van der Waals surface area contributed by atoms with Crippen molar-refractivity contribution in [3.63, 3.8) is 0 Å². The normalized spacial score (nSPS) is 13.9. The molecule has 0 saturated heterocycles. The van der Waals surface area contributed by atoms with E-state index in [1.165, 1.54) is 16.7 Å². The van der Waals surface area contributed by atoms with E-state index in [0.717, 1.165) is 16.1 Å². The minimum absolute atomic E-state index is 0.336. The van der Waals surface area contributed by atoms with Crippen LogP contribution in [-0.2, 0) is 9.59 Å². The molecule has 150 valence electrons. The Bertz CT molecular complexity index is 1150. The number of carbonyl (C=O) groups is 2. The van der Waals surface area contributed by atoms with Crippen molar-refractivity contribution in [1.82, 2.24) is 0 Å². The molecule has 0 bridgehead atoms. The highest BCUT2D eigenvalue weighted by Gasteiger charge is 2.42. The third kappa shape index (κ3) is 3.74. The van der Waals surface area contributed by atoms with Crippen LogP contribution >= 0.6 is 23.4 Å². The molecule has 1 aliphatic rings. The third-order valence-electron chi connectivity index (χ3n) is 4.86. The average Bonchev–Trinajstić information content (AvgIpc) is 2.99. The quantitative estimate of drug-likeness (QED) is 0.485. The summed E-state index contributed by atoms with van der Waals surface area (Å²) in [7, 11) is 1.81. The molecule has 3 aromatic carbocycles. The van der Waals surface area contributed by atoms with Crippen LogP contribution in [0.3, 0.4) is 0 Å². The molecule has 0 radical (unpaired) electrons. The highest BCUT2D eigenvalue weighted by molar-refractivity contribution is 8.04. The molecule has 4 nitrogen and oxygen atoms in total. The first kappa shape index (κ1) is 20.3. The standard InChI is InChI=1S/C24H19ClN2O2S/c1-16-15-17(25)13-14-20(16)27-23(28)21(26(2)18-9-5-3-6-10-18)22(24(27)29)30-19-11-7-4-8-12-19/h3-15H,1-2H3. The number of anilines is 2. The van der Waals surface area contributed by atoms with Gasteiger partial charge in [-0.25, -0.2) is 4.90 Å². The van der Waals surface area contributed by atoms with Crippen LogP contribution in [0.1, 0.15) is 5.56 Å². The topological polar surface area (TPSA) is 40.6 Å². The van der Waals surface area contributed by atoms with E-state index >= 15 is 0 Å². The lowest BCUT2D eigenvalue weighted by molar-refractivity contribution is -0.120. The van der Waals surface area contributed by atoms with Gasteiger partial charge in [-0.05, 0) is 55.0 Å². The smallest absolute Gasteiger partial charge is 0.283 e. The van der Waals surface area contributed by atoms with Crippen molar-refractivity contribution in [3.8, 4) is 0 Å². The molecule has 1 heterocycles. The predicted molar refractivity (Wildman–Crippen MR) is 123 cm³/mol. The SMILES string of the molecule is Cc1cc(Cl)ccc1N1C(=O)C(Sc2ccccc2)=C(N(C)c2ccccc2)C1=O. The molecule has 6 heteroatoms. The summed E-state index contributed by atoms with van der Waals surface area (Å²) in [6, 6.07) is 24.3. The largest absolute Gasteiger partial charge is 0.339 e.